The van der Waals surface area contributed by atoms with Crippen LogP contribution in [0.2, 0.25) is 0 Å². The smallest absolute Gasteiger partial charge is 0.0159 e. The Bertz CT molecular complexity index is 76.0. The molecule has 0 amide bonds. The molecule has 0 spiro atoms. The van der Waals surface area contributed by atoms with Crippen LogP contribution in [0.1, 0.15) is 33.1 Å². The number of hydrogen-bond donors (Lipinski definition) is 0. The average molecular weight is 222 g/mol. The van der Waals surface area contributed by atoms with E-state index in [1.54, 1.807) is 0 Å². The van der Waals surface area contributed by atoms with E-state index in [1.807, 2.05) is 0 Å². The molecule has 0 atom stereocenters. The number of halogens is 1. The van der Waals surface area contributed by atoms with E-state index < -0.39 is 0 Å². The molecule has 0 N–H and O–H groups in total. The van der Waals surface area contributed by atoms with Gasteiger partial charge in [-0.3, -0.25) is 0 Å². The summed E-state index contributed by atoms with van der Waals surface area (Å²) in [6.07, 6.45) is 4.06. The number of rotatable bonds is 7. The van der Waals surface area contributed by atoms with Gasteiger partial charge in [-0.05, 0) is 19.5 Å². The standard InChI is InChI=1S/C9H20BrN/c1-3-5-6-8-11(4-2)9-7-10/h3-9H2,1-2H3. The van der Waals surface area contributed by atoms with Crippen LogP contribution in [0, 0.1) is 0 Å². The number of nitrogens with zero attached hydrogens (tertiary/aromatic N) is 1. The van der Waals surface area contributed by atoms with E-state index >= 15 is 0 Å². The molecule has 0 aliphatic carbocycles. The Balaban J connectivity index is 3.20. The van der Waals surface area contributed by atoms with Gasteiger partial charge in [-0.25, -0.2) is 0 Å². The summed E-state index contributed by atoms with van der Waals surface area (Å²) in [5, 5.41) is 1.10. The van der Waals surface area contributed by atoms with Crippen LogP contribution >= 0.6 is 15.9 Å². The molecule has 0 aromatic heterocycles. The van der Waals surface area contributed by atoms with E-state index in [9.17, 15) is 0 Å². The molecule has 0 saturated carbocycles. The fourth-order valence-corrected chi connectivity index (χ4v) is 1.63. The Hall–Kier alpha value is 0.440. The largest absolute Gasteiger partial charge is 0.303 e. The van der Waals surface area contributed by atoms with Crippen molar-refractivity contribution in [2.75, 3.05) is 25.0 Å². The highest BCUT2D eigenvalue weighted by atomic mass is 79.9. The third kappa shape index (κ3) is 6.82. The summed E-state index contributed by atoms with van der Waals surface area (Å²) >= 11 is 3.46. The van der Waals surface area contributed by atoms with Crippen molar-refractivity contribution in [1.29, 1.82) is 0 Å². The molecule has 0 aliphatic heterocycles. The maximum Gasteiger partial charge on any atom is 0.0159 e. The maximum atomic E-state index is 3.46. The first kappa shape index (κ1) is 11.4. The second-order valence-corrected chi connectivity index (χ2v) is 3.62. The first-order valence-electron chi connectivity index (χ1n) is 4.63. The van der Waals surface area contributed by atoms with Gasteiger partial charge in [0.05, 0.1) is 0 Å². The minimum absolute atomic E-state index is 1.10. The van der Waals surface area contributed by atoms with Crippen molar-refractivity contribution in [3.63, 3.8) is 0 Å². The van der Waals surface area contributed by atoms with Crippen LogP contribution in [-0.2, 0) is 0 Å². The molecule has 0 rings (SSSR count). The predicted molar refractivity (Wildman–Crippen MR) is 55.4 cm³/mol. The number of alkyl halides is 1. The third-order valence-corrected chi connectivity index (χ3v) is 2.28. The topological polar surface area (TPSA) is 3.24 Å². The van der Waals surface area contributed by atoms with Gasteiger partial charge in [0.25, 0.3) is 0 Å². The van der Waals surface area contributed by atoms with Gasteiger partial charge in [0, 0.05) is 11.9 Å². The van der Waals surface area contributed by atoms with E-state index in [0.29, 0.717) is 0 Å². The number of hydrogen-bond acceptors (Lipinski definition) is 1. The summed E-state index contributed by atoms with van der Waals surface area (Å²) in [5.41, 5.74) is 0. The van der Waals surface area contributed by atoms with Gasteiger partial charge < -0.3 is 4.90 Å². The molecule has 0 unspecified atom stereocenters. The number of unbranched alkanes of at least 4 members (excludes halogenated alkanes) is 2. The molecule has 0 saturated heterocycles. The Morgan fingerprint density at radius 2 is 1.82 bits per heavy atom. The average Bonchev–Trinajstić information content (AvgIpc) is 2.03. The molecule has 0 aromatic carbocycles. The summed E-state index contributed by atoms with van der Waals surface area (Å²) in [6, 6.07) is 0. The molecule has 0 heterocycles. The third-order valence-electron chi connectivity index (χ3n) is 1.93. The molecular weight excluding hydrogens is 202 g/mol. The summed E-state index contributed by atoms with van der Waals surface area (Å²) in [4.78, 5) is 2.49. The van der Waals surface area contributed by atoms with Gasteiger partial charge in [-0.1, -0.05) is 42.6 Å². The van der Waals surface area contributed by atoms with Crippen molar-refractivity contribution >= 4 is 15.9 Å². The molecule has 0 fully saturated rings. The second kappa shape index (κ2) is 8.54. The highest BCUT2D eigenvalue weighted by molar-refractivity contribution is 9.09. The molecule has 0 aromatic rings. The Morgan fingerprint density at radius 1 is 1.09 bits per heavy atom. The highest BCUT2D eigenvalue weighted by Gasteiger charge is 1.98. The summed E-state index contributed by atoms with van der Waals surface area (Å²) < 4.78 is 0. The molecule has 11 heavy (non-hydrogen) atoms. The van der Waals surface area contributed by atoms with Crippen molar-refractivity contribution in [2.24, 2.45) is 0 Å². The lowest BCUT2D eigenvalue weighted by Gasteiger charge is -2.18. The highest BCUT2D eigenvalue weighted by Crippen LogP contribution is 1.98. The van der Waals surface area contributed by atoms with Gasteiger partial charge in [0.15, 0.2) is 0 Å². The van der Waals surface area contributed by atoms with Gasteiger partial charge >= 0.3 is 0 Å². The van der Waals surface area contributed by atoms with Crippen LogP contribution in [0.25, 0.3) is 0 Å². The summed E-state index contributed by atoms with van der Waals surface area (Å²) in [7, 11) is 0. The van der Waals surface area contributed by atoms with E-state index in [1.165, 1.54) is 38.9 Å². The fraction of sp³-hybridized carbons (Fsp3) is 1.00. The summed E-state index contributed by atoms with van der Waals surface area (Å²) in [5.74, 6) is 0. The Labute approximate surface area is 79.3 Å². The molecule has 2 heteroatoms. The lowest BCUT2D eigenvalue weighted by atomic mass is 10.2. The van der Waals surface area contributed by atoms with Gasteiger partial charge in [-0.15, -0.1) is 0 Å². The van der Waals surface area contributed by atoms with Crippen LogP contribution in [-0.4, -0.2) is 29.9 Å². The van der Waals surface area contributed by atoms with Crippen molar-refractivity contribution in [2.45, 2.75) is 33.1 Å². The fourth-order valence-electron chi connectivity index (χ4n) is 1.13. The zero-order chi connectivity index (χ0) is 8.53. The van der Waals surface area contributed by atoms with Crippen LogP contribution in [0.4, 0.5) is 0 Å². The zero-order valence-electron chi connectivity index (χ0n) is 7.77. The molecule has 0 radical (unpaired) electrons. The van der Waals surface area contributed by atoms with E-state index in [2.05, 4.69) is 34.7 Å². The van der Waals surface area contributed by atoms with Crippen LogP contribution < -0.4 is 0 Å². The van der Waals surface area contributed by atoms with Crippen LogP contribution in [0.15, 0.2) is 0 Å². The van der Waals surface area contributed by atoms with Crippen molar-refractivity contribution in [3.05, 3.63) is 0 Å². The molecule has 1 nitrogen and oxygen atoms in total. The lowest BCUT2D eigenvalue weighted by Crippen LogP contribution is -2.26. The van der Waals surface area contributed by atoms with Crippen LogP contribution in [0.3, 0.4) is 0 Å². The minimum atomic E-state index is 1.10. The molecule has 0 bridgehead atoms. The summed E-state index contributed by atoms with van der Waals surface area (Å²) in [6.45, 7) is 8.14. The second-order valence-electron chi connectivity index (χ2n) is 2.83. The first-order chi connectivity index (χ1) is 5.35. The lowest BCUT2D eigenvalue weighted by molar-refractivity contribution is 0.299. The Morgan fingerprint density at radius 3 is 2.27 bits per heavy atom. The van der Waals surface area contributed by atoms with Crippen molar-refractivity contribution in [3.8, 4) is 0 Å². The quantitative estimate of drug-likeness (QED) is 0.473. The van der Waals surface area contributed by atoms with Gasteiger partial charge in [0.2, 0.25) is 0 Å². The maximum absolute atomic E-state index is 3.46. The van der Waals surface area contributed by atoms with Gasteiger partial charge in [0.1, 0.15) is 0 Å². The Kier molecular flexibility index (Phi) is 8.88. The predicted octanol–water partition coefficient (Wildman–Crippen LogP) is 2.89. The minimum Gasteiger partial charge on any atom is -0.303 e. The normalized spacial score (nSPS) is 10.9. The monoisotopic (exact) mass is 221 g/mol. The van der Waals surface area contributed by atoms with Crippen molar-refractivity contribution in [1.82, 2.24) is 4.90 Å². The first-order valence-corrected chi connectivity index (χ1v) is 5.75. The van der Waals surface area contributed by atoms with Gasteiger partial charge in [-0.2, -0.15) is 0 Å². The van der Waals surface area contributed by atoms with E-state index in [4.69, 9.17) is 0 Å². The molecule has 68 valence electrons. The van der Waals surface area contributed by atoms with E-state index in [0.717, 1.165) is 5.33 Å². The van der Waals surface area contributed by atoms with Crippen molar-refractivity contribution < 1.29 is 0 Å². The zero-order valence-corrected chi connectivity index (χ0v) is 9.36. The van der Waals surface area contributed by atoms with Crippen LogP contribution in [0.5, 0.6) is 0 Å². The SMILES string of the molecule is CCCCCN(CC)CCBr. The molecule has 0 aliphatic rings. The molecular formula is C9H20BrN. The van der Waals surface area contributed by atoms with E-state index in [-0.39, 0.29) is 0 Å².